The van der Waals surface area contributed by atoms with E-state index in [1.54, 1.807) is 0 Å². The van der Waals surface area contributed by atoms with Crippen LogP contribution in [0.15, 0.2) is 24.3 Å². The molecule has 0 heterocycles. The lowest BCUT2D eigenvalue weighted by atomic mass is 10.1. The molecule has 4 heteroatoms. The van der Waals surface area contributed by atoms with E-state index in [1.165, 1.54) is 11.8 Å². The third-order valence-electron chi connectivity index (χ3n) is 1.87. The van der Waals surface area contributed by atoms with Crippen LogP contribution in [0.3, 0.4) is 0 Å². The van der Waals surface area contributed by atoms with E-state index in [0.717, 1.165) is 6.42 Å². The predicted molar refractivity (Wildman–Crippen MR) is 58.9 cm³/mol. The molecule has 0 aliphatic heterocycles. The van der Waals surface area contributed by atoms with Gasteiger partial charge in [0.15, 0.2) is 0 Å². The van der Waals surface area contributed by atoms with E-state index in [1.807, 2.05) is 24.3 Å². The maximum absolute atomic E-state index is 11.1. The highest BCUT2D eigenvalue weighted by molar-refractivity contribution is 7.99. The molecule has 14 heavy (non-hydrogen) atoms. The molecule has 1 amide bonds. The maximum atomic E-state index is 11.1. The molecule has 76 valence electrons. The van der Waals surface area contributed by atoms with Crippen LogP contribution in [0.2, 0.25) is 0 Å². The molecule has 0 aliphatic carbocycles. The molecule has 1 N–H and O–H groups in total. The van der Waals surface area contributed by atoms with Crippen LogP contribution < -0.4 is 5.32 Å². The summed E-state index contributed by atoms with van der Waals surface area (Å²) in [7, 11) is -1.47. The van der Waals surface area contributed by atoms with E-state index in [0.29, 0.717) is 5.69 Å². The number of carbonyl (C=O) groups excluding carboxylic acids is 1. The fourth-order valence-corrected chi connectivity index (χ4v) is 1.28. The van der Waals surface area contributed by atoms with Crippen LogP contribution in [-0.4, -0.2) is 15.7 Å². The highest BCUT2D eigenvalue weighted by Crippen LogP contribution is 2.10. The van der Waals surface area contributed by atoms with E-state index in [4.69, 9.17) is 0 Å². The van der Waals surface area contributed by atoms with Crippen molar-refractivity contribution in [3.05, 3.63) is 29.8 Å². The first-order valence-electron chi connectivity index (χ1n) is 4.37. The normalized spacial score (nSPS) is 12.1. The maximum Gasteiger partial charge on any atom is 0.313 e. The van der Waals surface area contributed by atoms with Gasteiger partial charge in [-0.1, -0.05) is 19.1 Å². The molecule has 1 atom stereocenters. The van der Waals surface area contributed by atoms with Crippen molar-refractivity contribution in [2.75, 3.05) is 11.6 Å². The molecule has 1 rings (SSSR count). The third kappa shape index (κ3) is 2.96. The zero-order valence-electron chi connectivity index (χ0n) is 8.24. The van der Waals surface area contributed by atoms with Crippen LogP contribution in [0.25, 0.3) is 0 Å². The first kappa shape index (κ1) is 10.9. The summed E-state index contributed by atoms with van der Waals surface area (Å²) in [4.78, 5) is 11.1. The quantitative estimate of drug-likeness (QED) is 0.814. The Hall–Kier alpha value is -1.16. The number of hydrogen-bond donors (Lipinski definition) is 1. The van der Waals surface area contributed by atoms with E-state index in [2.05, 4.69) is 12.2 Å². The lowest BCUT2D eigenvalue weighted by Gasteiger charge is -2.03. The standard InChI is InChI=1S/C10H13NO2S/c1-3-8-4-6-9(7-5-8)11-10(12)14(2)13/h4-7H,3H2,1-2H3,(H,11,12). The van der Waals surface area contributed by atoms with E-state index in [9.17, 15) is 9.00 Å². The summed E-state index contributed by atoms with van der Waals surface area (Å²) >= 11 is 0. The van der Waals surface area contributed by atoms with Gasteiger partial charge < -0.3 is 5.32 Å². The lowest BCUT2D eigenvalue weighted by Crippen LogP contribution is -2.14. The summed E-state index contributed by atoms with van der Waals surface area (Å²) in [6, 6.07) is 7.50. The summed E-state index contributed by atoms with van der Waals surface area (Å²) in [6.45, 7) is 2.06. The molecule has 0 saturated carbocycles. The number of anilines is 1. The summed E-state index contributed by atoms with van der Waals surface area (Å²) in [5.74, 6) is 0. The topological polar surface area (TPSA) is 46.2 Å². The van der Waals surface area contributed by atoms with Crippen molar-refractivity contribution in [1.82, 2.24) is 0 Å². The number of amides is 1. The summed E-state index contributed by atoms with van der Waals surface area (Å²) in [6.07, 6.45) is 2.32. The molecular formula is C10H13NO2S. The smallest absolute Gasteiger partial charge is 0.313 e. The van der Waals surface area contributed by atoms with Crippen LogP contribution in [0.5, 0.6) is 0 Å². The number of carbonyl (C=O) groups is 1. The Morgan fingerprint density at radius 1 is 1.36 bits per heavy atom. The summed E-state index contributed by atoms with van der Waals surface area (Å²) in [5.41, 5.74) is 1.89. The molecule has 1 aromatic carbocycles. The number of rotatable bonds is 2. The highest BCUT2D eigenvalue weighted by Gasteiger charge is 2.05. The van der Waals surface area contributed by atoms with Gasteiger partial charge in [-0.15, -0.1) is 0 Å². The minimum Gasteiger partial charge on any atom is -0.315 e. The van der Waals surface area contributed by atoms with Crippen molar-refractivity contribution in [3.63, 3.8) is 0 Å². The van der Waals surface area contributed by atoms with Crippen molar-refractivity contribution >= 4 is 21.7 Å². The van der Waals surface area contributed by atoms with Gasteiger partial charge in [-0.3, -0.25) is 4.79 Å². The van der Waals surface area contributed by atoms with Crippen LogP contribution in [0, 0.1) is 0 Å². The Labute approximate surface area is 86.0 Å². The van der Waals surface area contributed by atoms with Gasteiger partial charge in [0.05, 0.1) is 0 Å². The van der Waals surface area contributed by atoms with Gasteiger partial charge in [-0.2, -0.15) is 0 Å². The minimum atomic E-state index is -1.47. The van der Waals surface area contributed by atoms with Crippen molar-refractivity contribution in [1.29, 1.82) is 0 Å². The first-order valence-corrected chi connectivity index (χ1v) is 5.92. The minimum absolute atomic E-state index is 0.464. The van der Waals surface area contributed by atoms with Crippen molar-refractivity contribution in [3.8, 4) is 0 Å². The van der Waals surface area contributed by atoms with Crippen molar-refractivity contribution in [2.24, 2.45) is 0 Å². The van der Waals surface area contributed by atoms with Crippen LogP contribution in [-0.2, 0) is 17.2 Å². The number of benzene rings is 1. The zero-order valence-corrected chi connectivity index (χ0v) is 9.06. The Balaban J connectivity index is 2.69. The molecule has 3 nitrogen and oxygen atoms in total. The lowest BCUT2D eigenvalue weighted by molar-refractivity contribution is 0.269. The second-order valence-corrected chi connectivity index (χ2v) is 4.20. The fraction of sp³-hybridized carbons (Fsp3) is 0.300. The zero-order chi connectivity index (χ0) is 10.6. The Morgan fingerprint density at radius 3 is 2.36 bits per heavy atom. The van der Waals surface area contributed by atoms with Crippen LogP contribution in [0.4, 0.5) is 10.5 Å². The molecule has 0 aliphatic rings. The molecule has 1 unspecified atom stereocenters. The van der Waals surface area contributed by atoms with Gasteiger partial charge in [-0.05, 0) is 24.1 Å². The molecule has 0 aromatic heterocycles. The summed E-state index contributed by atoms with van der Waals surface area (Å²) in [5, 5.41) is 2.09. The molecule has 0 saturated heterocycles. The average molecular weight is 211 g/mol. The molecular weight excluding hydrogens is 198 g/mol. The predicted octanol–water partition coefficient (Wildman–Crippen LogP) is 2.16. The third-order valence-corrected chi connectivity index (χ3v) is 2.49. The molecule has 0 bridgehead atoms. The van der Waals surface area contributed by atoms with Crippen molar-refractivity contribution < 1.29 is 9.00 Å². The number of nitrogens with one attached hydrogen (secondary N) is 1. The van der Waals surface area contributed by atoms with Crippen LogP contribution in [0.1, 0.15) is 12.5 Å². The highest BCUT2D eigenvalue weighted by atomic mass is 32.2. The van der Waals surface area contributed by atoms with Gasteiger partial charge in [0.2, 0.25) is 0 Å². The monoisotopic (exact) mass is 211 g/mol. The molecule has 0 spiro atoms. The van der Waals surface area contributed by atoms with E-state index >= 15 is 0 Å². The van der Waals surface area contributed by atoms with Gasteiger partial charge >= 0.3 is 5.24 Å². The molecule has 0 fully saturated rings. The van der Waals surface area contributed by atoms with Crippen LogP contribution >= 0.6 is 0 Å². The van der Waals surface area contributed by atoms with Gasteiger partial charge in [0.25, 0.3) is 0 Å². The first-order chi connectivity index (χ1) is 6.63. The second kappa shape index (κ2) is 4.91. The van der Waals surface area contributed by atoms with Gasteiger partial charge in [0.1, 0.15) is 10.8 Å². The van der Waals surface area contributed by atoms with Gasteiger partial charge in [-0.25, -0.2) is 4.21 Å². The number of aryl methyl sites for hydroxylation is 1. The average Bonchev–Trinajstić information content (AvgIpc) is 2.19. The SMILES string of the molecule is CCc1ccc(NC(=O)S(C)=O)cc1. The Kier molecular flexibility index (Phi) is 3.83. The second-order valence-electron chi connectivity index (χ2n) is 2.92. The van der Waals surface area contributed by atoms with E-state index in [-0.39, 0.29) is 0 Å². The Morgan fingerprint density at radius 2 is 1.93 bits per heavy atom. The van der Waals surface area contributed by atoms with Gasteiger partial charge in [0, 0.05) is 11.9 Å². The van der Waals surface area contributed by atoms with Crippen molar-refractivity contribution in [2.45, 2.75) is 13.3 Å². The number of hydrogen-bond acceptors (Lipinski definition) is 2. The molecule has 0 radical (unpaired) electrons. The van der Waals surface area contributed by atoms with E-state index < -0.39 is 16.0 Å². The largest absolute Gasteiger partial charge is 0.315 e. The summed E-state index contributed by atoms with van der Waals surface area (Å²) < 4.78 is 10.8. The molecule has 1 aromatic rings. The Bertz CT molecular complexity index is 346. The fourth-order valence-electron chi connectivity index (χ4n) is 1.01.